The molecule has 1 unspecified atom stereocenters. The smallest absolute Gasteiger partial charge is 0.350 e. The monoisotopic (exact) mass is 300 g/mol. The van der Waals surface area contributed by atoms with Crippen molar-refractivity contribution in [2.75, 3.05) is 0 Å². The highest BCUT2D eigenvalue weighted by molar-refractivity contribution is 6.00. The number of carbonyl (C=O) groups is 2. The Morgan fingerprint density at radius 1 is 1.27 bits per heavy atom. The summed E-state index contributed by atoms with van der Waals surface area (Å²) < 4.78 is 9.97. The maximum absolute atomic E-state index is 12.3. The van der Waals surface area contributed by atoms with Crippen LogP contribution in [0.1, 0.15) is 44.6 Å². The maximum Gasteiger partial charge on any atom is 0.350 e. The van der Waals surface area contributed by atoms with Crippen LogP contribution in [0.25, 0.3) is 0 Å². The molecule has 0 spiro atoms. The molecule has 1 N–H and O–H groups in total. The van der Waals surface area contributed by atoms with Crippen LogP contribution >= 0.6 is 0 Å². The van der Waals surface area contributed by atoms with E-state index in [4.69, 9.17) is 9.15 Å². The molecular formula is C16H12O6. The van der Waals surface area contributed by atoms with Crippen molar-refractivity contribution < 1.29 is 23.8 Å². The number of rotatable bonds is 3. The van der Waals surface area contributed by atoms with Crippen molar-refractivity contribution in [1.82, 2.24) is 0 Å². The van der Waals surface area contributed by atoms with E-state index in [1.165, 1.54) is 13.0 Å². The Bertz CT molecular complexity index is 833. The number of hydrogen-bond acceptors (Lipinski definition) is 6. The highest BCUT2D eigenvalue weighted by atomic mass is 16.5. The van der Waals surface area contributed by atoms with Crippen LogP contribution in [-0.2, 0) is 4.74 Å². The molecule has 0 saturated heterocycles. The summed E-state index contributed by atoms with van der Waals surface area (Å²) in [5.41, 5.74) is -0.330. The van der Waals surface area contributed by atoms with Gasteiger partial charge in [-0.05, 0) is 13.0 Å². The van der Waals surface area contributed by atoms with Gasteiger partial charge in [0.05, 0.1) is 12.0 Å². The number of benzene rings is 1. The van der Waals surface area contributed by atoms with Crippen molar-refractivity contribution in [2.45, 2.75) is 19.4 Å². The first-order valence-electron chi connectivity index (χ1n) is 6.64. The first-order chi connectivity index (χ1) is 10.5. The van der Waals surface area contributed by atoms with Crippen LogP contribution < -0.4 is 5.63 Å². The number of esters is 1. The molecule has 2 heterocycles. The molecule has 1 aromatic heterocycles. The molecule has 1 aliphatic rings. The lowest BCUT2D eigenvalue weighted by Crippen LogP contribution is -2.17. The molecule has 1 aromatic carbocycles. The molecule has 0 amide bonds. The molecule has 112 valence electrons. The molecule has 6 nitrogen and oxygen atoms in total. The predicted octanol–water partition coefficient (Wildman–Crippen LogP) is 2.14. The van der Waals surface area contributed by atoms with E-state index < -0.39 is 34.8 Å². The molecule has 0 aliphatic carbocycles. The number of fused-ring (bicyclic) bond motifs is 1. The molecule has 0 bridgehead atoms. The van der Waals surface area contributed by atoms with E-state index >= 15 is 0 Å². The van der Waals surface area contributed by atoms with Gasteiger partial charge in [-0.3, -0.25) is 4.79 Å². The molecule has 6 heteroatoms. The van der Waals surface area contributed by atoms with Crippen molar-refractivity contribution in [3.05, 3.63) is 63.2 Å². The van der Waals surface area contributed by atoms with Gasteiger partial charge in [-0.25, -0.2) is 9.59 Å². The van der Waals surface area contributed by atoms with Gasteiger partial charge in [0.25, 0.3) is 0 Å². The van der Waals surface area contributed by atoms with Crippen molar-refractivity contribution in [1.29, 1.82) is 0 Å². The van der Waals surface area contributed by atoms with Crippen molar-refractivity contribution in [3.63, 3.8) is 0 Å². The van der Waals surface area contributed by atoms with Gasteiger partial charge in [0, 0.05) is 11.6 Å². The summed E-state index contributed by atoms with van der Waals surface area (Å²) in [5, 5.41) is 9.78. The minimum Gasteiger partial charge on any atom is -0.507 e. The van der Waals surface area contributed by atoms with Crippen molar-refractivity contribution >= 4 is 11.8 Å². The second kappa shape index (κ2) is 5.14. The van der Waals surface area contributed by atoms with E-state index in [9.17, 15) is 19.5 Å². The van der Waals surface area contributed by atoms with Gasteiger partial charge in [-0.15, -0.1) is 0 Å². The topological polar surface area (TPSA) is 93.8 Å². The molecule has 22 heavy (non-hydrogen) atoms. The standard InChI is InChI=1S/C16H12O6/c1-8-6-11(17)14(16(20)21-8)12(18)7-13-9-4-2-3-5-10(9)15(19)22-13/h2-6,13,17H,7H2,1H3. The minimum atomic E-state index is -0.903. The summed E-state index contributed by atoms with van der Waals surface area (Å²) in [6, 6.07) is 7.93. The van der Waals surface area contributed by atoms with Gasteiger partial charge in [-0.1, -0.05) is 18.2 Å². The van der Waals surface area contributed by atoms with Crippen LogP contribution in [0, 0.1) is 6.92 Å². The van der Waals surface area contributed by atoms with E-state index in [2.05, 4.69) is 0 Å². The van der Waals surface area contributed by atoms with Crippen LogP contribution in [0.3, 0.4) is 0 Å². The van der Waals surface area contributed by atoms with Crippen molar-refractivity contribution in [3.8, 4) is 5.75 Å². The third-order valence-corrected chi connectivity index (χ3v) is 3.48. The van der Waals surface area contributed by atoms with E-state index in [1.807, 2.05) is 0 Å². The molecule has 2 aromatic rings. The maximum atomic E-state index is 12.3. The third-order valence-electron chi connectivity index (χ3n) is 3.48. The Labute approximate surface area is 125 Å². The van der Waals surface area contributed by atoms with E-state index in [0.29, 0.717) is 11.1 Å². The second-order valence-electron chi connectivity index (χ2n) is 5.01. The highest BCUT2D eigenvalue weighted by Gasteiger charge is 2.33. The van der Waals surface area contributed by atoms with E-state index in [0.717, 1.165) is 0 Å². The zero-order valence-corrected chi connectivity index (χ0v) is 11.7. The zero-order valence-electron chi connectivity index (χ0n) is 11.7. The summed E-state index contributed by atoms with van der Waals surface area (Å²) in [6.45, 7) is 1.49. The van der Waals surface area contributed by atoms with Gasteiger partial charge in [0.2, 0.25) is 0 Å². The SMILES string of the molecule is Cc1cc(O)c(C(=O)CC2OC(=O)c3ccccc32)c(=O)o1. The number of aromatic hydroxyl groups is 1. The lowest BCUT2D eigenvalue weighted by Gasteiger charge is -2.10. The van der Waals surface area contributed by atoms with Crippen LogP contribution in [0.5, 0.6) is 5.75 Å². The minimum absolute atomic E-state index is 0.205. The predicted molar refractivity (Wildman–Crippen MR) is 74.9 cm³/mol. The fraction of sp³-hybridized carbons (Fsp3) is 0.188. The number of hydrogen-bond donors (Lipinski definition) is 1. The molecule has 0 saturated carbocycles. The Kier molecular flexibility index (Phi) is 3.29. The fourth-order valence-electron chi connectivity index (χ4n) is 2.49. The zero-order chi connectivity index (χ0) is 15.9. The van der Waals surface area contributed by atoms with Crippen LogP contribution in [0.4, 0.5) is 0 Å². The third kappa shape index (κ3) is 2.28. The largest absolute Gasteiger partial charge is 0.507 e. The Hall–Kier alpha value is -2.89. The van der Waals surface area contributed by atoms with E-state index in [1.54, 1.807) is 24.3 Å². The second-order valence-corrected chi connectivity index (χ2v) is 5.01. The fourth-order valence-corrected chi connectivity index (χ4v) is 2.49. The van der Waals surface area contributed by atoms with Crippen molar-refractivity contribution in [2.24, 2.45) is 0 Å². The summed E-state index contributed by atoms with van der Waals surface area (Å²) in [6.07, 6.45) is -0.999. The summed E-state index contributed by atoms with van der Waals surface area (Å²) in [7, 11) is 0. The average Bonchev–Trinajstić information content (AvgIpc) is 2.75. The molecule has 1 atom stereocenters. The quantitative estimate of drug-likeness (QED) is 0.689. The summed E-state index contributed by atoms with van der Waals surface area (Å²) >= 11 is 0. The number of cyclic esters (lactones) is 1. The van der Waals surface area contributed by atoms with Gasteiger partial charge in [0.1, 0.15) is 23.2 Å². The van der Waals surface area contributed by atoms with Gasteiger partial charge in [-0.2, -0.15) is 0 Å². The lowest BCUT2D eigenvalue weighted by molar-refractivity contribution is 0.0366. The summed E-state index contributed by atoms with van der Waals surface area (Å²) in [5.74, 6) is -1.37. The first-order valence-corrected chi connectivity index (χ1v) is 6.64. The van der Waals surface area contributed by atoms with Crippen LogP contribution in [0.2, 0.25) is 0 Å². The Morgan fingerprint density at radius 3 is 2.73 bits per heavy atom. The van der Waals surface area contributed by atoms with Gasteiger partial charge < -0.3 is 14.3 Å². The number of ketones is 1. The number of Topliss-reactive ketones (excluding diaryl/α,β-unsaturated/α-hetero) is 1. The molecule has 0 radical (unpaired) electrons. The summed E-state index contributed by atoms with van der Waals surface area (Å²) in [4.78, 5) is 35.7. The molecule has 3 rings (SSSR count). The number of aryl methyl sites for hydroxylation is 1. The number of ether oxygens (including phenoxy) is 1. The molecular weight excluding hydrogens is 288 g/mol. The lowest BCUT2D eigenvalue weighted by atomic mass is 9.99. The van der Waals surface area contributed by atoms with Crippen LogP contribution in [0.15, 0.2) is 39.5 Å². The Morgan fingerprint density at radius 2 is 2.00 bits per heavy atom. The van der Waals surface area contributed by atoms with E-state index in [-0.39, 0.29) is 12.2 Å². The van der Waals surface area contributed by atoms with Gasteiger partial charge in [0.15, 0.2) is 5.78 Å². The Balaban J connectivity index is 1.91. The number of carbonyl (C=O) groups excluding carboxylic acids is 2. The molecule has 1 aliphatic heterocycles. The highest BCUT2D eigenvalue weighted by Crippen LogP contribution is 2.34. The first kappa shape index (κ1) is 14.1. The molecule has 0 fully saturated rings. The average molecular weight is 300 g/mol. The normalized spacial score (nSPS) is 16.2. The van der Waals surface area contributed by atoms with Crippen LogP contribution in [-0.4, -0.2) is 16.9 Å². The van der Waals surface area contributed by atoms with Gasteiger partial charge >= 0.3 is 11.6 Å².